The summed E-state index contributed by atoms with van der Waals surface area (Å²) >= 11 is 5.91. The van der Waals surface area contributed by atoms with Crippen LogP contribution in [0.5, 0.6) is 5.75 Å². The van der Waals surface area contributed by atoms with Crippen molar-refractivity contribution in [3.05, 3.63) is 58.9 Å². The van der Waals surface area contributed by atoms with Crippen LogP contribution in [0.15, 0.2) is 42.5 Å². The van der Waals surface area contributed by atoms with E-state index in [1.54, 1.807) is 19.1 Å². The first-order chi connectivity index (χ1) is 9.72. The molecular formula is C15H16ClFN2O. The molecular weight excluding hydrogens is 279 g/mol. The van der Waals surface area contributed by atoms with Crippen LogP contribution < -0.4 is 15.6 Å². The molecule has 0 unspecified atom stereocenters. The van der Waals surface area contributed by atoms with Crippen LogP contribution in [0.2, 0.25) is 5.02 Å². The molecule has 2 aromatic rings. The van der Waals surface area contributed by atoms with E-state index in [1.807, 2.05) is 30.3 Å². The molecule has 0 atom stereocenters. The van der Waals surface area contributed by atoms with Gasteiger partial charge in [0.1, 0.15) is 0 Å². The molecule has 0 saturated heterocycles. The van der Waals surface area contributed by atoms with Crippen LogP contribution in [-0.4, -0.2) is 6.61 Å². The first-order valence-electron chi connectivity index (χ1n) is 6.36. The van der Waals surface area contributed by atoms with Gasteiger partial charge in [-0.25, -0.2) is 9.82 Å². The third-order valence-electron chi connectivity index (χ3n) is 2.70. The minimum Gasteiger partial charge on any atom is -0.489 e. The average Bonchev–Trinajstić information content (AvgIpc) is 2.47. The normalized spacial score (nSPS) is 10.3. The monoisotopic (exact) mass is 294 g/mol. The fourth-order valence-corrected chi connectivity index (χ4v) is 1.95. The third kappa shape index (κ3) is 3.62. The van der Waals surface area contributed by atoms with Crippen molar-refractivity contribution in [1.29, 1.82) is 0 Å². The Balaban J connectivity index is 2.01. The molecule has 0 aliphatic carbocycles. The summed E-state index contributed by atoms with van der Waals surface area (Å²) in [5.74, 6) is -0.324. The van der Waals surface area contributed by atoms with E-state index in [-0.39, 0.29) is 10.8 Å². The molecule has 2 N–H and O–H groups in total. The third-order valence-corrected chi connectivity index (χ3v) is 3.00. The first kappa shape index (κ1) is 14.6. The second-order valence-corrected chi connectivity index (χ2v) is 4.53. The zero-order valence-corrected chi connectivity index (χ0v) is 11.9. The number of benzene rings is 2. The van der Waals surface area contributed by atoms with Gasteiger partial charge in [-0.1, -0.05) is 35.9 Å². The smallest absolute Gasteiger partial charge is 0.173 e. The molecule has 5 heteroatoms. The molecule has 0 heterocycles. The van der Waals surface area contributed by atoms with Gasteiger partial charge in [0.25, 0.3) is 0 Å². The summed E-state index contributed by atoms with van der Waals surface area (Å²) in [6, 6.07) is 12.9. The molecule has 0 saturated carbocycles. The fraction of sp³-hybridized carbons (Fsp3) is 0.200. The van der Waals surface area contributed by atoms with Crippen molar-refractivity contribution < 1.29 is 9.13 Å². The highest BCUT2D eigenvalue weighted by Gasteiger charge is 2.13. The molecule has 0 aliphatic rings. The summed E-state index contributed by atoms with van der Waals surface area (Å²) < 4.78 is 19.4. The van der Waals surface area contributed by atoms with Crippen LogP contribution >= 0.6 is 11.6 Å². The number of rotatable bonds is 6. The summed E-state index contributed by atoms with van der Waals surface area (Å²) in [6.07, 6.45) is 0. The van der Waals surface area contributed by atoms with Gasteiger partial charge in [0, 0.05) is 17.8 Å². The predicted molar refractivity (Wildman–Crippen MR) is 79.5 cm³/mol. The number of hydrogen-bond donors (Lipinski definition) is 2. The van der Waals surface area contributed by atoms with E-state index in [0.717, 1.165) is 5.69 Å². The van der Waals surface area contributed by atoms with E-state index in [4.69, 9.17) is 16.3 Å². The second-order valence-electron chi connectivity index (χ2n) is 4.13. The maximum Gasteiger partial charge on any atom is 0.173 e. The highest BCUT2D eigenvalue weighted by molar-refractivity contribution is 6.32. The Labute approximate surface area is 122 Å². The van der Waals surface area contributed by atoms with Crippen LogP contribution in [0.1, 0.15) is 12.5 Å². The largest absolute Gasteiger partial charge is 0.489 e. The maximum atomic E-state index is 14.2. The molecule has 0 radical (unpaired) electrons. The Morgan fingerprint density at radius 1 is 1.15 bits per heavy atom. The van der Waals surface area contributed by atoms with E-state index in [0.29, 0.717) is 18.7 Å². The Hall–Kier alpha value is -1.78. The summed E-state index contributed by atoms with van der Waals surface area (Å²) in [5.41, 5.74) is 7.35. The van der Waals surface area contributed by atoms with Gasteiger partial charge in [0.2, 0.25) is 0 Å². The number of ether oxygens (including phenoxy) is 1. The van der Waals surface area contributed by atoms with Crippen molar-refractivity contribution in [1.82, 2.24) is 5.43 Å². The van der Waals surface area contributed by atoms with Crippen molar-refractivity contribution in [3.63, 3.8) is 0 Å². The zero-order valence-electron chi connectivity index (χ0n) is 11.1. The molecule has 3 nitrogen and oxygen atoms in total. The minimum absolute atomic E-state index is 0.105. The van der Waals surface area contributed by atoms with Crippen molar-refractivity contribution in [2.75, 3.05) is 12.0 Å². The molecule has 0 aliphatic heterocycles. The maximum absolute atomic E-state index is 14.2. The lowest BCUT2D eigenvalue weighted by atomic mass is 10.2. The number of para-hydroxylation sites is 1. The summed E-state index contributed by atoms with van der Waals surface area (Å²) in [4.78, 5) is 0. The summed E-state index contributed by atoms with van der Waals surface area (Å²) in [7, 11) is 0. The van der Waals surface area contributed by atoms with Crippen molar-refractivity contribution in [2.24, 2.45) is 0 Å². The van der Waals surface area contributed by atoms with E-state index in [9.17, 15) is 4.39 Å². The molecule has 0 aromatic heterocycles. The van der Waals surface area contributed by atoms with E-state index < -0.39 is 5.82 Å². The van der Waals surface area contributed by atoms with Crippen molar-refractivity contribution in [2.45, 2.75) is 13.5 Å². The molecule has 20 heavy (non-hydrogen) atoms. The molecule has 2 aromatic carbocycles. The minimum atomic E-state index is -0.429. The lowest BCUT2D eigenvalue weighted by Gasteiger charge is -2.12. The molecule has 2 rings (SSSR count). The van der Waals surface area contributed by atoms with Gasteiger partial charge in [0.05, 0.1) is 11.6 Å². The van der Waals surface area contributed by atoms with Crippen LogP contribution in [-0.2, 0) is 6.54 Å². The number of halogens is 2. The van der Waals surface area contributed by atoms with Crippen LogP contribution in [0, 0.1) is 5.82 Å². The first-order valence-corrected chi connectivity index (χ1v) is 6.73. The number of hydrogen-bond acceptors (Lipinski definition) is 3. The van der Waals surface area contributed by atoms with Gasteiger partial charge in [-0.2, -0.15) is 0 Å². The predicted octanol–water partition coefficient (Wildman–Crippen LogP) is 3.99. The summed E-state index contributed by atoms with van der Waals surface area (Å²) in [5, 5.41) is 0.282. The SMILES string of the molecule is CCOc1c(Cl)ccc(CNNc2ccccc2)c1F. The average molecular weight is 295 g/mol. The fourth-order valence-electron chi connectivity index (χ4n) is 1.75. The van der Waals surface area contributed by atoms with Gasteiger partial charge in [-0.05, 0) is 25.1 Å². The highest BCUT2D eigenvalue weighted by Crippen LogP contribution is 2.30. The van der Waals surface area contributed by atoms with E-state index >= 15 is 0 Å². The van der Waals surface area contributed by atoms with Gasteiger partial charge >= 0.3 is 0 Å². The van der Waals surface area contributed by atoms with Crippen molar-refractivity contribution in [3.8, 4) is 5.75 Å². The molecule has 0 amide bonds. The standard InChI is InChI=1S/C15H16ClFN2O/c1-2-20-15-13(16)9-8-11(14(15)17)10-18-19-12-6-4-3-5-7-12/h3-9,18-19H,2,10H2,1H3. The van der Waals surface area contributed by atoms with E-state index in [2.05, 4.69) is 10.9 Å². The lowest BCUT2D eigenvalue weighted by molar-refractivity contribution is 0.320. The molecule has 0 bridgehead atoms. The molecule has 0 fully saturated rings. The zero-order chi connectivity index (χ0) is 14.4. The Morgan fingerprint density at radius 2 is 1.90 bits per heavy atom. The van der Waals surface area contributed by atoms with Crippen LogP contribution in [0.25, 0.3) is 0 Å². The van der Waals surface area contributed by atoms with Gasteiger partial charge < -0.3 is 10.2 Å². The topological polar surface area (TPSA) is 33.3 Å². The van der Waals surface area contributed by atoms with Gasteiger partial charge in [-0.15, -0.1) is 0 Å². The number of hydrazine groups is 1. The Morgan fingerprint density at radius 3 is 2.60 bits per heavy atom. The lowest BCUT2D eigenvalue weighted by Crippen LogP contribution is -2.21. The van der Waals surface area contributed by atoms with Gasteiger partial charge in [-0.3, -0.25) is 0 Å². The summed E-state index contributed by atoms with van der Waals surface area (Å²) in [6.45, 7) is 2.48. The van der Waals surface area contributed by atoms with E-state index in [1.165, 1.54) is 0 Å². The number of nitrogens with one attached hydrogen (secondary N) is 2. The quantitative estimate of drug-likeness (QED) is 0.790. The highest BCUT2D eigenvalue weighted by atomic mass is 35.5. The Bertz CT molecular complexity index is 563. The Kier molecular flexibility index (Phi) is 5.21. The molecule has 0 spiro atoms. The molecule has 106 valence electrons. The second kappa shape index (κ2) is 7.12. The van der Waals surface area contributed by atoms with Gasteiger partial charge in [0.15, 0.2) is 11.6 Å². The number of anilines is 1. The van der Waals surface area contributed by atoms with Crippen molar-refractivity contribution >= 4 is 17.3 Å². The van der Waals surface area contributed by atoms with Crippen LogP contribution in [0.3, 0.4) is 0 Å². The van der Waals surface area contributed by atoms with Crippen LogP contribution in [0.4, 0.5) is 10.1 Å².